The molecule has 0 radical (unpaired) electrons. The molecule has 0 aliphatic rings. The second kappa shape index (κ2) is 8.73. The lowest BCUT2D eigenvalue weighted by molar-refractivity contribution is -0.142. The van der Waals surface area contributed by atoms with Gasteiger partial charge in [0.2, 0.25) is 0 Å². The highest BCUT2D eigenvalue weighted by Gasteiger charge is 2.14. The predicted octanol–water partition coefficient (Wildman–Crippen LogP) is -0.830. The maximum atomic E-state index is 11.0. The summed E-state index contributed by atoms with van der Waals surface area (Å²) in [5.41, 5.74) is 10.8. The molecule has 0 bridgehead atoms. The maximum absolute atomic E-state index is 11.0. The number of carboxylic acid groups (broad SMARTS) is 1. The van der Waals surface area contributed by atoms with E-state index in [1.807, 2.05) is 0 Å². The fourth-order valence-electron chi connectivity index (χ4n) is 1.18. The number of aliphatic carboxylic acids is 1. The van der Waals surface area contributed by atoms with E-state index in [1.54, 1.807) is 6.07 Å². The lowest BCUT2D eigenvalue weighted by Crippen LogP contribution is -2.33. The first-order chi connectivity index (χ1) is 9.31. The van der Waals surface area contributed by atoms with Crippen molar-refractivity contribution in [3.05, 3.63) is 23.8 Å². The van der Waals surface area contributed by atoms with Crippen molar-refractivity contribution in [3.8, 4) is 11.5 Å². The Hall–Kier alpha value is -2.32. The molecule has 8 heteroatoms. The Labute approximate surface area is 115 Å². The Kier molecular flexibility index (Phi) is 7.71. The lowest BCUT2D eigenvalue weighted by atomic mass is 10.1. The number of esters is 1. The van der Waals surface area contributed by atoms with Gasteiger partial charge in [-0.25, -0.2) is 0 Å². The first-order valence-corrected chi connectivity index (χ1v) is 5.58. The number of methoxy groups -OCH3 is 1. The third-order valence-electron chi connectivity index (χ3n) is 2.17. The number of rotatable bonds is 4. The number of carboxylic acids is 1. The van der Waals surface area contributed by atoms with E-state index in [1.165, 1.54) is 19.2 Å². The molecule has 1 rings (SSSR count). The number of hydrogen-bond donors (Lipinski definition) is 5. The summed E-state index contributed by atoms with van der Waals surface area (Å²) >= 11 is 0. The first kappa shape index (κ1) is 17.7. The number of benzene rings is 1. The van der Waals surface area contributed by atoms with Crippen LogP contribution in [0.3, 0.4) is 0 Å². The van der Waals surface area contributed by atoms with Crippen molar-refractivity contribution >= 4 is 11.9 Å². The number of carbonyl (C=O) groups excluding carboxylic acids is 1. The molecule has 0 spiro atoms. The van der Waals surface area contributed by atoms with Gasteiger partial charge in [0, 0.05) is 0 Å². The molecule has 0 aromatic heterocycles. The minimum atomic E-state index is -0.968. The van der Waals surface area contributed by atoms with Crippen molar-refractivity contribution in [3.63, 3.8) is 0 Å². The Morgan fingerprint density at radius 3 is 2.25 bits per heavy atom. The second-order valence-corrected chi connectivity index (χ2v) is 3.75. The molecule has 1 atom stereocenters. The van der Waals surface area contributed by atoms with Gasteiger partial charge in [-0.1, -0.05) is 6.07 Å². The summed E-state index contributed by atoms with van der Waals surface area (Å²) in [6, 6.07) is 3.52. The number of nitrogens with two attached hydrogens (primary N) is 2. The zero-order valence-electron chi connectivity index (χ0n) is 10.9. The fourth-order valence-corrected chi connectivity index (χ4v) is 1.18. The lowest BCUT2D eigenvalue weighted by Gasteiger charge is -2.09. The van der Waals surface area contributed by atoms with E-state index < -0.39 is 18.0 Å². The third-order valence-corrected chi connectivity index (χ3v) is 2.17. The van der Waals surface area contributed by atoms with Gasteiger partial charge in [0.15, 0.2) is 11.5 Å². The van der Waals surface area contributed by atoms with Gasteiger partial charge in [-0.3, -0.25) is 9.59 Å². The number of phenols is 2. The van der Waals surface area contributed by atoms with Gasteiger partial charge >= 0.3 is 11.9 Å². The zero-order chi connectivity index (χ0) is 15.7. The van der Waals surface area contributed by atoms with Crippen molar-refractivity contribution in [1.82, 2.24) is 0 Å². The second-order valence-electron chi connectivity index (χ2n) is 3.75. The molecule has 0 amide bonds. The molecular weight excluding hydrogens is 268 g/mol. The molecule has 7 N–H and O–H groups in total. The molecule has 0 saturated heterocycles. The Bertz CT molecular complexity index is 463. The van der Waals surface area contributed by atoms with Gasteiger partial charge in [0.1, 0.15) is 6.04 Å². The highest BCUT2D eigenvalue weighted by molar-refractivity contribution is 5.75. The van der Waals surface area contributed by atoms with E-state index >= 15 is 0 Å². The topological polar surface area (TPSA) is 156 Å². The molecule has 0 saturated carbocycles. The molecule has 1 aromatic carbocycles. The van der Waals surface area contributed by atoms with Crippen molar-refractivity contribution in [2.45, 2.75) is 12.5 Å². The maximum Gasteiger partial charge on any atom is 0.322 e. The SMILES string of the molecule is COC(=O)[C@@H](N)Cc1ccc(O)c(O)c1.NCC(=O)O. The minimum Gasteiger partial charge on any atom is -0.504 e. The van der Waals surface area contributed by atoms with Crippen molar-refractivity contribution in [1.29, 1.82) is 0 Å². The van der Waals surface area contributed by atoms with E-state index in [9.17, 15) is 14.7 Å². The number of hydrogen-bond acceptors (Lipinski definition) is 7. The van der Waals surface area contributed by atoms with Crippen molar-refractivity contribution in [2.75, 3.05) is 13.7 Å². The van der Waals surface area contributed by atoms with Crippen molar-refractivity contribution in [2.24, 2.45) is 11.5 Å². The highest BCUT2D eigenvalue weighted by atomic mass is 16.5. The van der Waals surface area contributed by atoms with Gasteiger partial charge < -0.3 is 31.5 Å². The summed E-state index contributed by atoms with van der Waals surface area (Å²) in [4.78, 5) is 20.3. The molecule has 112 valence electrons. The summed E-state index contributed by atoms with van der Waals surface area (Å²) in [5.74, 6) is -1.91. The molecule has 8 nitrogen and oxygen atoms in total. The van der Waals surface area contributed by atoms with Crippen LogP contribution in [0.2, 0.25) is 0 Å². The number of carbonyl (C=O) groups is 2. The van der Waals surface area contributed by atoms with Crippen LogP contribution in [0.25, 0.3) is 0 Å². The zero-order valence-corrected chi connectivity index (χ0v) is 10.9. The smallest absolute Gasteiger partial charge is 0.322 e. The van der Waals surface area contributed by atoms with E-state index in [-0.39, 0.29) is 24.5 Å². The number of ether oxygens (including phenoxy) is 1. The van der Waals surface area contributed by atoms with E-state index in [0.717, 1.165) is 0 Å². The highest BCUT2D eigenvalue weighted by Crippen LogP contribution is 2.25. The Balaban J connectivity index is 0.000000621. The Morgan fingerprint density at radius 1 is 1.30 bits per heavy atom. The largest absolute Gasteiger partial charge is 0.504 e. The molecule has 0 aliphatic carbocycles. The van der Waals surface area contributed by atoms with Crippen LogP contribution in [0.5, 0.6) is 11.5 Å². The summed E-state index contributed by atoms with van der Waals surface area (Å²) < 4.78 is 4.46. The minimum absolute atomic E-state index is 0.203. The van der Waals surface area contributed by atoms with Gasteiger partial charge in [0.05, 0.1) is 13.7 Å². The van der Waals surface area contributed by atoms with Crippen LogP contribution in [-0.4, -0.2) is 47.0 Å². The number of phenolic OH excluding ortho intramolecular Hbond substituents is 2. The Morgan fingerprint density at radius 2 is 1.85 bits per heavy atom. The van der Waals surface area contributed by atoms with Crippen LogP contribution >= 0.6 is 0 Å². The monoisotopic (exact) mass is 286 g/mol. The third kappa shape index (κ3) is 6.57. The van der Waals surface area contributed by atoms with E-state index in [4.69, 9.17) is 15.9 Å². The average molecular weight is 286 g/mol. The molecule has 0 fully saturated rings. The normalized spacial score (nSPS) is 10.9. The van der Waals surface area contributed by atoms with Crippen LogP contribution in [-0.2, 0) is 20.7 Å². The molecule has 0 heterocycles. The quantitative estimate of drug-likeness (QED) is 0.354. The molecule has 0 aliphatic heterocycles. The van der Waals surface area contributed by atoms with Crippen LogP contribution in [0, 0.1) is 0 Å². The van der Waals surface area contributed by atoms with Gasteiger partial charge in [-0.15, -0.1) is 0 Å². The average Bonchev–Trinajstić information content (AvgIpc) is 2.42. The molecule has 1 aromatic rings. The van der Waals surface area contributed by atoms with Gasteiger partial charge in [-0.05, 0) is 24.1 Å². The summed E-state index contributed by atoms with van der Waals surface area (Å²) in [5, 5.41) is 25.9. The molecular formula is C12H18N2O6. The van der Waals surface area contributed by atoms with Crippen LogP contribution in [0.1, 0.15) is 5.56 Å². The summed E-state index contributed by atoms with van der Waals surface area (Å²) in [6.45, 7) is -0.278. The van der Waals surface area contributed by atoms with Crippen LogP contribution in [0.4, 0.5) is 0 Å². The van der Waals surface area contributed by atoms with Crippen LogP contribution < -0.4 is 11.5 Å². The van der Waals surface area contributed by atoms with Crippen molar-refractivity contribution < 1.29 is 29.6 Å². The fraction of sp³-hybridized carbons (Fsp3) is 0.333. The molecule has 20 heavy (non-hydrogen) atoms. The predicted molar refractivity (Wildman–Crippen MR) is 70.2 cm³/mol. The van der Waals surface area contributed by atoms with Crippen LogP contribution in [0.15, 0.2) is 18.2 Å². The standard InChI is InChI=1S/C10H13NO4.C2H5NO2/c1-15-10(14)7(11)4-6-2-3-8(12)9(13)5-6;3-1-2(4)5/h2-3,5,7,12-13H,4,11H2,1H3;1,3H2,(H,4,5)/t7-;/m0./s1. The summed E-state index contributed by atoms with van der Waals surface area (Å²) in [6.07, 6.45) is 0.251. The van der Waals surface area contributed by atoms with E-state index in [0.29, 0.717) is 5.56 Å². The first-order valence-electron chi connectivity index (χ1n) is 5.58. The van der Waals surface area contributed by atoms with Gasteiger partial charge in [-0.2, -0.15) is 0 Å². The van der Waals surface area contributed by atoms with E-state index in [2.05, 4.69) is 10.5 Å². The number of aromatic hydroxyl groups is 2. The van der Waals surface area contributed by atoms with Gasteiger partial charge in [0.25, 0.3) is 0 Å². The summed E-state index contributed by atoms with van der Waals surface area (Å²) in [7, 11) is 1.26. The molecule has 0 unspecified atom stereocenters.